The first-order valence-electron chi connectivity index (χ1n) is 18.1. The minimum atomic E-state index is -3.91. The summed E-state index contributed by atoms with van der Waals surface area (Å²) in [5, 5.41) is 0. The molecule has 12 heteroatoms. The molecule has 0 saturated heterocycles. The number of carbonyl (C=O) groups is 5. The van der Waals surface area contributed by atoms with Crippen LogP contribution in [0.25, 0.3) is 0 Å². The first-order valence-corrected chi connectivity index (χ1v) is 18.1. The number of ether oxygens (including phenoxy) is 5. The molecular formula is C36H50F2O10. The van der Waals surface area contributed by atoms with Crippen LogP contribution < -0.4 is 0 Å². The van der Waals surface area contributed by atoms with Gasteiger partial charge in [-0.2, -0.15) is 8.78 Å². The predicted molar refractivity (Wildman–Crippen MR) is 164 cm³/mol. The second-order valence-corrected chi connectivity index (χ2v) is 15.8. The van der Waals surface area contributed by atoms with E-state index in [1.54, 1.807) is 0 Å². The molecule has 0 radical (unpaired) electrons. The van der Waals surface area contributed by atoms with Crippen LogP contribution in [-0.2, 0) is 47.7 Å². The van der Waals surface area contributed by atoms with Crippen molar-refractivity contribution < 1.29 is 56.4 Å². The van der Waals surface area contributed by atoms with E-state index in [1.807, 2.05) is 13.8 Å². The van der Waals surface area contributed by atoms with Crippen molar-refractivity contribution in [3.63, 3.8) is 0 Å². The molecule has 8 saturated carbocycles. The van der Waals surface area contributed by atoms with Crippen LogP contribution in [0.5, 0.6) is 0 Å². The Hall–Kier alpha value is -2.79. The molecule has 8 aliphatic carbocycles. The van der Waals surface area contributed by atoms with E-state index >= 15 is 0 Å². The van der Waals surface area contributed by atoms with Gasteiger partial charge in [0, 0.05) is 19.8 Å². The standard InChI is InChI=1S/C36H50F2O10/c1-4-35(24-10-20-8-21(12-24)13-25(35)11-20)47-30(40)18-44-29(39)7-6-28(46-33(43)34(3,37)38)32(42)45-19-31(41)48-36(5-2)26-14-22-9-23(16-26)17-27(36)15-22/h20-28H,4-19H2,1-3H3. The largest absolute Gasteiger partial charge is 0.456 e. The minimum Gasteiger partial charge on any atom is -0.456 e. The van der Waals surface area contributed by atoms with Gasteiger partial charge in [0.25, 0.3) is 0 Å². The second kappa shape index (κ2) is 13.5. The van der Waals surface area contributed by atoms with Crippen LogP contribution in [0, 0.1) is 47.3 Å². The molecule has 0 heterocycles. The van der Waals surface area contributed by atoms with Gasteiger partial charge < -0.3 is 23.7 Å². The van der Waals surface area contributed by atoms with Crippen molar-refractivity contribution in [1.82, 2.24) is 0 Å². The molecule has 1 unspecified atom stereocenters. The Morgan fingerprint density at radius 3 is 1.42 bits per heavy atom. The van der Waals surface area contributed by atoms with Crippen LogP contribution >= 0.6 is 0 Å². The molecule has 0 aliphatic heterocycles. The average molecular weight is 681 g/mol. The normalized spacial score (nSPS) is 37.9. The number of rotatable bonds is 14. The predicted octanol–water partition coefficient (Wildman–Crippen LogP) is 5.72. The monoisotopic (exact) mass is 680 g/mol. The van der Waals surface area contributed by atoms with E-state index in [9.17, 15) is 32.8 Å². The van der Waals surface area contributed by atoms with Gasteiger partial charge in [0.05, 0.1) is 0 Å². The molecule has 1 atom stereocenters. The molecule has 48 heavy (non-hydrogen) atoms. The van der Waals surface area contributed by atoms with E-state index in [0.717, 1.165) is 51.4 Å². The lowest BCUT2D eigenvalue weighted by Gasteiger charge is -2.60. The third-order valence-corrected chi connectivity index (χ3v) is 12.9. The highest BCUT2D eigenvalue weighted by atomic mass is 19.3. The maximum Gasteiger partial charge on any atom is 0.377 e. The van der Waals surface area contributed by atoms with E-state index in [-0.39, 0.29) is 11.8 Å². The molecule has 0 aromatic heterocycles. The van der Waals surface area contributed by atoms with Crippen molar-refractivity contribution in [2.75, 3.05) is 13.2 Å². The molecule has 10 nitrogen and oxygen atoms in total. The van der Waals surface area contributed by atoms with Crippen LogP contribution in [0.15, 0.2) is 0 Å². The Balaban J connectivity index is 0.993. The fraction of sp³-hybridized carbons (Fsp3) is 0.861. The van der Waals surface area contributed by atoms with Crippen molar-refractivity contribution in [1.29, 1.82) is 0 Å². The third-order valence-electron chi connectivity index (χ3n) is 12.9. The van der Waals surface area contributed by atoms with E-state index in [2.05, 4.69) is 0 Å². The van der Waals surface area contributed by atoms with Gasteiger partial charge in [-0.15, -0.1) is 0 Å². The fourth-order valence-corrected chi connectivity index (χ4v) is 11.2. The Kier molecular flexibility index (Phi) is 9.85. The smallest absolute Gasteiger partial charge is 0.377 e. The summed E-state index contributed by atoms with van der Waals surface area (Å²) in [5.41, 5.74) is -1.18. The minimum absolute atomic E-state index is 0.252. The summed E-state index contributed by atoms with van der Waals surface area (Å²) in [4.78, 5) is 63.3. The molecule has 0 aromatic carbocycles. The number of esters is 5. The van der Waals surface area contributed by atoms with Gasteiger partial charge >= 0.3 is 35.8 Å². The lowest BCUT2D eigenvalue weighted by atomic mass is 9.49. The van der Waals surface area contributed by atoms with Gasteiger partial charge in [-0.05, 0) is 124 Å². The zero-order valence-electron chi connectivity index (χ0n) is 28.3. The highest BCUT2D eigenvalue weighted by Gasteiger charge is 2.60. The first-order chi connectivity index (χ1) is 22.7. The van der Waals surface area contributed by atoms with Gasteiger partial charge in [-0.1, -0.05) is 13.8 Å². The third kappa shape index (κ3) is 6.82. The molecule has 8 fully saturated rings. The molecule has 8 rings (SSSR count). The van der Waals surface area contributed by atoms with Crippen molar-refractivity contribution >= 4 is 29.8 Å². The van der Waals surface area contributed by atoms with Crippen LogP contribution in [0.4, 0.5) is 8.78 Å². The lowest BCUT2D eigenvalue weighted by Crippen LogP contribution is -2.59. The summed E-state index contributed by atoms with van der Waals surface area (Å²) >= 11 is 0. The summed E-state index contributed by atoms with van der Waals surface area (Å²) in [5.74, 6) is -5.70. The molecule has 0 N–H and O–H groups in total. The Labute approximate surface area is 280 Å². The number of hydrogen-bond acceptors (Lipinski definition) is 10. The van der Waals surface area contributed by atoms with Gasteiger partial charge in [-0.25, -0.2) is 19.2 Å². The van der Waals surface area contributed by atoms with E-state index in [4.69, 9.17) is 23.7 Å². The zero-order chi connectivity index (χ0) is 34.4. The lowest BCUT2D eigenvalue weighted by molar-refractivity contribution is -0.215. The van der Waals surface area contributed by atoms with Gasteiger partial charge in [0.2, 0.25) is 0 Å². The van der Waals surface area contributed by atoms with Gasteiger partial charge in [0.1, 0.15) is 11.2 Å². The molecule has 0 spiro atoms. The van der Waals surface area contributed by atoms with Crippen LogP contribution in [0.1, 0.15) is 111 Å². The van der Waals surface area contributed by atoms with Gasteiger partial charge in [0.15, 0.2) is 19.3 Å². The fourth-order valence-electron chi connectivity index (χ4n) is 11.2. The highest BCUT2D eigenvalue weighted by Crippen LogP contribution is 2.62. The molecule has 8 aliphatic rings. The number of hydrogen-bond donors (Lipinski definition) is 0. The van der Waals surface area contributed by atoms with Crippen LogP contribution in [-0.4, -0.2) is 66.3 Å². The Morgan fingerprint density at radius 2 is 1.04 bits per heavy atom. The SMILES string of the molecule is CCC1(OC(=O)COC(=O)CCC(OC(=O)C(C)(F)F)C(=O)OCC(=O)OC2(CC)C3CC4CC(C3)CC2C4)C2CC3CC(C2)CC1C3. The summed E-state index contributed by atoms with van der Waals surface area (Å²) in [6, 6.07) is 0. The van der Waals surface area contributed by atoms with Crippen molar-refractivity contribution in [2.45, 2.75) is 134 Å². The van der Waals surface area contributed by atoms with E-state index < -0.39 is 79.1 Å². The number of carbonyl (C=O) groups excluding carboxylic acids is 5. The summed E-state index contributed by atoms with van der Waals surface area (Å²) in [7, 11) is 0. The second-order valence-electron chi connectivity index (χ2n) is 15.8. The summed E-state index contributed by atoms with van der Waals surface area (Å²) in [6.07, 6.45) is 9.00. The van der Waals surface area contributed by atoms with Crippen LogP contribution in [0.3, 0.4) is 0 Å². The Morgan fingerprint density at radius 1 is 0.646 bits per heavy atom. The topological polar surface area (TPSA) is 132 Å². The molecule has 0 amide bonds. The number of halogens is 2. The Bertz CT molecular complexity index is 1220. The highest BCUT2D eigenvalue weighted by molar-refractivity contribution is 5.84. The van der Waals surface area contributed by atoms with E-state index in [0.29, 0.717) is 55.3 Å². The molecule has 0 aromatic rings. The molecular weight excluding hydrogens is 630 g/mol. The van der Waals surface area contributed by atoms with Crippen molar-refractivity contribution in [3.05, 3.63) is 0 Å². The summed E-state index contributed by atoms with van der Waals surface area (Å²) < 4.78 is 54.3. The van der Waals surface area contributed by atoms with Crippen molar-refractivity contribution in [3.8, 4) is 0 Å². The zero-order valence-corrected chi connectivity index (χ0v) is 28.3. The van der Waals surface area contributed by atoms with Gasteiger partial charge in [-0.3, -0.25) is 4.79 Å². The number of alkyl halides is 2. The first kappa shape index (κ1) is 35.1. The van der Waals surface area contributed by atoms with E-state index in [1.165, 1.54) is 12.8 Å². The molecule has 268 valence electrons. The average Bonchev–Trinajstić information content (AvgIpc) is 3.03. The maximum absolute atomic E-state index is 13.7. The quantitative estimate of drug-likeness (QED) is 0.166. The summed E-state index contributed by atoms with van der Waals surface area (Å²) in [6.45, 7) is 2.90. The maximum atomic E-state index is 13.7. The van der Waals surface area contributed by atoms with Crippen LogP contribution in [0.2, 0.25) is 0 Å². The molecule has 8 bridgehead atoms. The van der Waals surface area contributed by atoms with Crippen molar-refractivity contribution in [2.24, 2.45) is 47.3 Å².